The smallest absolute Gasteiger partial charge is 0.325 e. The summed E-state index contributed by atoms with van der Waals surface area (Å²) in [4.78, 5) is 37.5. The summed E-state index contributed by atoms with van der Waals surface area (Å²) in [5, 5.41) is 13.0. The topological polar surface area (TPSA) is 97.6 Å². The average Bonchev–Trinajstić information content (AvgIpc) is 3.18. The number of hydrogen-bond donors (Lipinski definition) is 2. The molecule has 1 aromatic carbocycles. The average molecular weight is 481 g/mol. The summed E-state index contributed by atoms with van der Waals surface area (Å²) in [5.74, 6) is -0.654. The van der Waals surface area contributed by atoms with Crippen molar-refractivity contribution in [2.45, 2.75) is 31.3 Å². The van der Waals surface area contributed by atoms with Crippen LogP contribution in [0.4, 0.5) is 0 Å². The highest BCUT2D eigenvalue weighted by molar-refractivity contribution is 9.10. The van der Waals surface area contributed by atoms with Crippen LogP contribution in [0.1, 0.15) is 41.4 Å². The SMILES string of the molecule is CCCCOC(=O)CNC(=O)c1c(O)c2c(n(-c3ccc(Br)cc3)c1=O)CSC2. The number of hydrogen-bond acceptors (Lipinski definition) is 6. The van der Waals surface area contributed by atoms with Crippen LogP contribution in [0.25, 0.3) is 5.69 Å². The molecule has 3 rings (SSSR count). The predicted molar refractivity (Wildman–Crippen MR) is 115 cm³/mol. The standard InChI is InChI=1S/C20H21BrN2O5S/c1-2-3-8-28-16(24)9-22-19(26)17-18(25)14-10-29-11-15(14)23(20(17)27)13-6-4-12(21)5-7-13/h4-7,25H,2-3,8-11H2,1H3,(H,22,26). The zero-order chi connectivity index (χ0) is 21.0. The van der Waals surface area contributed by atoms with Crippen LogP contribution in [-0.2, 0) is 21.0 Å². The predicted octanol–water partition coefficient (Wildman–Crippen LogP) is 3.13. The number of rotatable bonds is 7. The van der Waals surface area contributed by atoms with Gasteiger partial charge in [-0.25, -0.2) is 0 Å². The van der Waals surface area contributed by atoms with Gasteiger partial charge in [-0.2, -0.15) is 11.8 Å². The Hall–Kier alpha value is -2.26. The molecule has 2 aromatic rings. The van der Waals surface area contributed by atoms with Gasteiger partial charge in [0.25, 0.3) is 11.5 Å². The molecule has 0 saturated heterocycles. The van der Waals surface area contributed by atoms with Crippen molar-refractivity contribution < 1.29 is 19.4 Å². The third-order valence-electron chi connectivity index (χ3n) is 4.51. The van der Waals surface area contributed by atoms with Gasteiger partial charge in [0.05, 0.1) is 6.61 Å². The highest BCUT2D eigenvalue weighted by atomic mass is 79.9. The minimum absolute atomic E-state index is 0.281. The lowest BCUT2D eigenvalue weighted by atomic mass is 10.1. The van der Waals surface area contributed by atoms with E-state index in [2.05, 4.69) is 21.2 Å². The lowest BCUT2D eigenvalue weighted by molar-refractivity contribution is -0.142. The maximum Gasteiger partial charge on any atom is 0.325 e. The van der Waals surface area contributed by atoms with E-state index in [1.54, 1.807) is 36.0 Å². The molecule has 2 N–H and O–H groups in total. The van der Waals surface area contributed by atoms with Crippen LogP contribution in [-0.4, -0.2) is 34.7 Å². The van der Waals surface area contributed by atoms with Crippen molar-refractivity contribution in [3.8, 4) is 11.4 Å². The van der Waals surface area contributed by atoms with Crippen molar-refractivity contribution in [3.63, 3.8) is 0 Å². The molecule has 0 atom stereocenters. The number of aromatic hydroxyl groups is 1. The molecule has 1 aliphatic heterocycles. The molecule has 0 fully saturated rings. The summed E-state index contributed by atoms with van der Waals surface area (Å²) < 4.78 is 7.31. The van der Waals surface area contributed by atoms with Gasteiger partial charge in [0.2, 0.25) is 0 Å². The van der Waals surface area contributed by atoms with Gasteiger partial charge < -0.3 is 15.2 Å². The molecule has 0 bridgehead atoms. The number of esters is 1. The van der Waals surface area contributed by atoms with E-state index in [0.29, 0.717) is 28.5 Å². The molecule has 0 aliphatic carbocycles. The number of amides is 1. The fraction of sp³-hybridized carbons (Fsp3) is 0.350. The minimum Gasteiger partial charge on any atom is -0.507 e. The third-order valence-corrected chi connectivity index (χ3v) is 6.01. The van der Waals surface area contributed by atoms with Gasteiger partial charge in [0, 0.05) is 32.9 Å². The number of carbonyl (C=O) groups is 2. The Labute approximate surface area is 180 Å². The van der Waals surface area contributed by atoms with Crippen LogP contribution in [0, 0.1) is 0 Å². The van der Waals surface area contributed by atoms with E-state index in [0.717, 1.165) is 17.3 Å². The number of carbonyl (C=O) groups excluding carboxylic acids is 2. The largest absolute Gasteiger partial charge is 0.507 e. The fourth-order valence-electron chi connectivity index (χ4n) is 3.00. The molecule has 2 heterocycles. The molecule has 29 heavy (non-hydrogen) atoms. The number of halogens is 1. The molecule has 0 radical (unpaired) electrons. The van der Waals surface area contributed by atoms with Crippen LogP contribution in [0.15, 0.2) is 33.5 Å². The Bertz CT molecular complexity index is 988. The lowest BCUT2D eigenvalue weighted by Crippen LogP contribution is -2.37. The Morgan fingerprint density at radius 2 is 2.00 bits per heavy atom. The van der Waals surface area contributed by atoms with Crippen LogP contribution in [0.2, 0.25) is 0 Å². The van der Waals surface area contributed by atoms with Crippen molar-refractivity contribution in [3.05, 3.63) is 55.9 Å². The molecule has 9 heteroatoms. The Morgan fingerprint density at radius 1 is 1.28 bits per heavy atom. The molecule has 1 aliphatic rings. The summed E-state index contributed by atoms with van der Waals surface area (Å²) >= 11 is 4.92. The second kappa shape index (κ2) is 9.49. The number of unbranched alkanes of at least 4 members (excludes halogenated alkanes) is 1. The summed E-state index contributed by atoms with van der Waals surface area (Å²) in [6.45, 7) is 1.88. The molecule has 0 saturated carbocycles. The van der Waals surface area contributed by atoms with Gasteiger partial charge in [0.15, 0.2) is 0 Å². The number of benzene rings is 1. The van der Waals surface area contributed by atoms with E-state index in [-0.39, 0.29) is 24.5 Å². The second-order valence-electron chi connectivity index (χ2n) is 6.52. The first-order valence-electron chi connectivity index (χ1n) is 9.21. The second-order valence-corrected chi connectivity index (χ2v) is 8.42. The first-order chi connectivity index (χ1) is 13.9. The molecule has 154 valence electrons. The zero-order valence-electron chi connectivity index (χ0n) is 15.9. The van der Waals surface area contributed by atoms with Gasteiger partial charge in [-0.15, -0.1) is 0 Å². The van der Waals surface area contributed by atoms with Gasteiger partial charge in [-0.05, 0) is 30.7 Å². The Kier molecular flexibility index (Phi) is 7.02. The summed E-state index contributed by atoms with van der Waals surface area (Å²) in [7, 11) is 0. The molecular weight excluding hydrogens is 460 g/mol. The van der Waals surface area contributed by atoms with E-state index in [9.17, 15) is 19.5 Å². The van der Waals surface area contributed by atoms with Crippen molar-refractivity contribution in [1.29, 1.82) is 0 Å². The van der Waals surface area contributed by atoms with Gasteiger partial charge in [0.1, 0.15) is 17.9 Å². The molecule has 1 amide bonds. The number of thioether (sulfide) groups is 1. The van der Waals surface area contributed by atoms with Crippen molar-refractivity contribution in [2.24, 2.45) is 0 Å². The van der Waals surface area contributed by atoms with E-state index in [1.807, 2.05) is 6.92 Å². The minimum atomic E-state index is -0.800. The Balaban J connectivity index is 1.92. The van der Waals surface area contributed by atoms with E-state index >= 15 is 0 Å². The molecule has 7 nitrogen and oxygen atoms in total. The third kappa shape index (κ3) is 4.67. The van der Waals surface area contributed by atoms with Crippen LogP contribution >= 0.6 is 27.7 Å². The molecular formula is C20H21BrN2O5S. The van der Waals surface area contributed by atoms with Gasteiger partial charge in [-0.1, -0.05) is 29.3 Å². The van der Waals surface area contributed by atoms with E-state index in [1.165, 1.54) is 4.57 Å². The number of fused-ring (bicyclic) bond motifs is 1. The quantitative estimate of drug-likeness (QED) is 0.466. The molecule has 0 spiro atoms. The summed E-state index contributed by atoms with van der Waals surface area (Å²) in [6, 6.07) is 7.13. The number of aromatic nitrogens is 1. The maximum atomic E-state index is 13.1. The Morgan fingerprint density at radius 3 is 2.69 bits per heavy atom. The van der Waals surface area contributed by atoms with Crippen molar-refractivity contribution in [2.75, 3.05) is 13.2 Å². The number of pyridine rings is 1. The lowest BCUT2D eigenvalue weighted by Gasteiger charge is -2.16. The van der Waals surface area contributed by atoms with E-state index < -0.39 is 17.4 Å². The first-order valence-corrected chi connectivity index (χ1v) is 11.2. The normalized spacial score (nSPS) is 12.5. The fourth-order valence-corrected chi connectivity index (χ4v) is 4.37. The summed E-state index contributed by atoms with van der Waals surface area (Å²) in [6.07, 6.45) is 1.62. The number of ether oxygens (including phenoxy) is 1. The molecule has 1 aromatic heterocycles. The summed E-state index contributed by atoms with van der Waals surface area (Å²) in [5.41, 5.74) is 0.854. The monoisotopic (exact) mass is 480 g/mol. The molecule has 0 unspecified atom stereocenters. The van der Waals surface area contributed by atoms with Crippen LogP contribution in [0.5, 0.6) is 5.75 Å². The number of nitrogens with one attached hydrogen (secondary N) is 1. The highest BCUT2D eigenvalue weighted by Gasteiger charge is 2.29. The number of nitrogens with zero attached hydrogens (tertiary/aromatic N) is 1. The van der Waals surface area contributed by atoms with Gasteiger partial charge >= 0.3 is 5.97 Å². The zero-order valence-corrected chi connectivity index (χ0v) is 18.3. The van der Waals surface area contributed by atoms with Crippen molar-refractivity contribution >= 4 is 39.6 Å². The maximum absolute atomic E-state index is 13.1. The van der Waals surface area contributed by atoms with Crippen LogP contribution in [0.3, 0.4) is 0 Å². The van der Waals surface area contributed by atoms with Gasteiger partial charge in [-0.3, -0.25) is 19.0 Å². The first kappa shape index (κ1) is 21.4. The van der Waals surface area contributed by atoms with Crippen LogP contribution < -0.4 is 10.9 Å². The van der Waals surface area contributed by atoms with E-state index in [4.69, 9.17) is 4.74 Å². The van der Waals surface area contributed by atoms with Crippen molar-refractivity contribution in [1.82, 2.24) is 9.88 Å². The highest BCUT2D eigenvalue weighted by Crippen LogP contribution is 2.37.